The number of aromatic amines is 1. The average Bonchev–Trinajstić information content (AvgIpc) is 3.55. The molecule has 5 aromatic rings. The van der Waals surface area contributed by atoms with Crippen LogP contribution in [0.4, 0.5) is 5.82 Å². The van der Waals surface area contributed by atoms with E-state index in [4.69, 9.17) is 0 Å². The fourth-order valence-electron chi connectivity index (χ4n) is 3.73. The maximum Gasteiger partial charge on any atom is 0.257 e. The van der Waals surface area contributed by atoms with Crippen molar-refractivity contribution in [3.63, 3.8) is 0 Å². The molecule has 0 aliphatic rings. The number of thiazole rings is 1. The van der Waals surface area contributed by atoms with E-state index in [0.717, 1.165) is 38.4 Å². The van der Waals surface area contributed by atoms with Crippen LogP contribution in [0.25, 0.3) is 21.5 Å². The summed E-state index contributed by atoms with van der Waals surface area (Å²) in [7, 11) is -3.65. The third-order valence-electron chi connectivity index (χ3n) is 5.51. The third kappa shape index (κ3) is 5.21. The number of nitrogens with one attached hydrogen (secondary N) is 3. The number of anilines is 1. The standard InChI is InChI=1S/C24H23N7O2S2/c1-15(18-5-3-4-17(8-18)11-28-35(32,33)24-12-25-13-26-24)29-23-10-21(30-16(2)31-23)19-6-7-20-22(9-19)34-14-27-20/h3-10,12-15,28H,11H2,1-2H3,(H,25,26)(H,29,30,31). The van der Waals surface area contributed by atoms with Crippen LogP contribution in [-0.2, 0) is 16.6 Å². The summed E-state index contributed by atoms with van der Waals surface area (Å²) in [6, 6.07) is 15.7. The van der Waals surface area contributed by atoms with Crippen molar-refractivity contribution in [1.29, 1.82) is 0 Å². The van der Waals surface area contributed by atoms with Crippen molar-refractivity contribution < 1.29 is 8.42 Å². The second-order valence-corrected chi connectivity index (χ2v) is 10.7. The number of hydrogen-bond acceptors (Lipinski definition) is 8. The van der Waals surface area contributed by atoms with E-state index in [0.29, 0.717) is 5.82 Å². The summed E-state index contributed by atoms with van der Waals surface area (Å²) in [6.45, 7) is 4.07. The van der Waals surface area contributed by atoms with Gasteiger partial charge in [0.15, 0.2) is 5.03 Å². The van der Waals surface area contributed by atoms with E-state index in [-0.39, 0.29) is 17.6 Å². The molecule has 0 radical (unpaired) electrons. The summed E-state index contributed by atoms with van der Waals surface area (Å²) in [5.74, 6) is 1.39. The van der Waals surface area contributed by atoms with E-state index in [1.54, 1.807) is 11.3 Å². The number of fused-ring (bicyclic) bond motifs is 1. The maximum absolute atomic E-state index is 12.4. The minimum atomic E-state index is -3.65. The van der Waals surface area contributed by atoms with Crippen molar-refractivity contribution >= 4 is 37.4 Å². The number of imidazole rings is 1. The van der Waals surface area contributed by atoms with Gasteiger partial charge in [-0.2, -0.15) is 0 Å². The molecule has 0 fully saturated rings. The smallest absolute Gasteiger partial charge is 0.257 e. The average molecular weight is 506 g/mol. The number of H-pyrrole nitrogens is 1. The Balaban J connectivity index is 1.32. The van der Waals surface area contributed by atoms with E-state index in [1.165, 1.54) is 12.5 Å². The Bertz CT molecular complexity index is 1580. The SMILES string of the molecule is Cc1nc(NC(C)c2cccc(CNS(=O)(=O)c3cnc[nH]3)c2)cc(-c2ccc3ncsc3c2)n1. The van der Waals surface area contributed by atoms with Crippen LogP contribution in [0.2, 0.25) is 0 Å². The first-order valence-corrected chi connectivity index (χ1v) is 13.3. The maximum atomic E-state index is 12.4. The van der Waals surface area contributed by atoms with Gasteiger partial charge >= 0.3 is 0 Å². The monoisotopic (exact) mass is 505 g/mol. The number of aryl methyl sites for hydroxylation is 1. The molecule has 11 heteroatoms. The van der Waals surface area contributed by atoms with Gasteiger partial charge in [-0.05, 0) is 37.1 Å². The van der Waals surface area contributed by atoms with Crippen LogP contribution in [0.1, 0.15) is 29.9 Å². The molecule has 1 unspecified atom stereocenters. The molecule has 3 N–H and O–H groups in total. The van der Waals surface area contributed by atoms with E-state index >= 15 is 0 Å². The molecule has 9 nitrogen and oxygen atoms in total. The molecule has 2 aromatic carbocycles. The van der Waals surface area contributed by atoms with Crippen molar-refractivity contribution in [3.8, 4) is 11.3 Å². The van der Waals surface area contributed by atoms with Crippen LogP contribution in [-0.4, -0.2) is 33.3 Å². The zero-order valence-corrected chi connectivity index (χ0v) is 20.7. The molecule has 0 bridgehead atoms. The summed E-state index contributed by atoms with van der Waals surface area (Å²) in [6.07, 6.45) is 2.61. The Morgan fingerprint density at radius 3 is 2.83 bits per heavy atom. The summed E-state index contributed by atoms with van der Waals surface area (Å²) < 4.78 is 28.4. The minimum absolute atomic E-state index is 0.0353. The predicted octanol–water partition coefficient (Wildman–Crippen LogP) is 4.44. The molecule has 1 atom stereocenters. The van der Waals surface area contributed by atoms with Crippen LogP contribution >= 0.6 is 11.3 Å². The van der Waals surface area contributed by atoms with E-state index in [9.17, 15) is 8.42 Å². The van der Waals surface area contributed by atoms with E-state index < -0.39 is 10.0 Å². The van der Waals surface area contributed by atoms with Gasteiger partial charge in [0.1, 0.15) is 11.6 Å². The molecular formula is C24H23N7O2S2. The van der Waals surface area contributed by atoms with Gasteiger partial charge in [0.25, 0.3) is 10.0 Å². The molecule has 3 heterocycles. The lowest BCUT2D eigenvalue weighted by atomic mass is 10.1. The van der Waals surface area contributed by atoms with Gasteiger partial charge in [0.05, 0.1) is 33.9 Å². The zero-order valence-electron chi connectivity index (χ0n) is 19.1. The molecule has 0 saturated heterocycles. The number of aromatic nitrogens is 5. The number of rotatable bonds is 8. The lowest BCUT2D eigenvalue weighted by Crippen LogP contribution is -2.23. The van der Waals surface area contributed by atoms with E-state index in [2.05, 4.69) is 41.0 Å². The first-order valence-electron chi connectivity index (χ1n) is 10.9. The molecule has 0 aliphatic carbocycles. The van der Waals surface area contributed by atoms with Crippen molar-refractivity contribution in [3.05, 3.63) is 83.5 Å². The Morgan fingerprint density at radius 2 is 2.00 bits per heavy atom. The normalized spacial score (nSPS) is 12.6. The number of hydrogen-bond donors (Lipinski definition) is 3. The topological polar surface area (TPSA) is 126 Å². The first-order chi connectivity index (χ1) is 16.9. The molecule has 35 heavy (non-hydrogen) atoms. The predicted molar refractivity (Wildman–Crippen MR) is 136 cm³/mol. The van der Waals surface area contributed by atoms with Gasteiger partial charge in [0, 0.05) is 24.2 Å². The van der Waals surface area contributed by atoms with Gasteiger partial charge in [-0.25, -0.2) is 33.1 Å². The molecule has 178 valence electrons. The van der Waals surface area contributed by atoms with Gasteiger partial charge in [0.2, 0.25) is 0 Å². The molecule has 0 spiro atoms. The lowest BCUT2D eigenvalue weighted by Gasteiger charge is -2.17. The number of nitrogens with zero attached hydrogens (tertiary/aromatic N) is 4. The highest BCUT2D eigenvalue weighted by atomic mass is 32.2. The summed E-state index contributed by atoms with van der Waals surface area (Å²) >= 11 is 1.60. The van der Waals surface area contributed by atoms with Gasteiger partial charge in [-0.15, -0.1) is 11.3 Å². The van der Waals surface area contributed by atoms with Crippen molar-refractivity contribution in [1.82, 2.24) is 29.6 Å². The highest BCUT2D eigenvalue weighted by molar-refractivity contribution is 7.89. The Kier molecular flexibility index (Phi) is 6.29. The largest absolute Gasteiger partial charge is 0.363 e. The number of benzene rings is 2. The fourth-order valence-corrected chi connectivity index (χ4v) is 5.36. The van der Waals surface area contributed by atoms with Gasteiger partial charge in [-0.1, -0.05) is 30.3 Å². The Morgan fingerprint density at radius 1 is 1.11 bits per heavy atom. The minimum Gasteiger partial charge on any atom is -0.363 e. The van der Waals surface area contributed by atoms with Crippen molar-refractivity contribution in [2.75, 3.05) is 5.32 Å². The number of sulfonamides is 1. The first kappa shape index (κ1) is 23.1. The lowest BCUT2D eigenvalue weighted by molar-refractivity contribution is 0.578. The molecule has 0 saturated carbocycles. The highest BCUT2D eigenvalue weighted by Crippen LogP contribution is 2.27. The summed E-state index contributed by atoms with van der Waals surface area (Å²) in [5, 5.41) is 3.49. The quantitative estimate of drug-likeness (QED) is 0.285. The Hall–Kier alpha value is -3.67. The molecule has 5 rings (SSSR count). The molecular weight excluding hydrogens is 482 g/mol. The molecule has 0 amide bonds. The van der Waals surface area contributed by atoms with Gasteiger partial charge < -0.3 is 10.3 Å². The van der Waals surface area contributed by atoms with Crippen LogP contribution in [0.3, 0.4) is 0 Å². The Labute approximate surface area is 206 Å². The van der Waals surface area contributed by atoms with Crippen molar-refractivity contribution in [2.24, 2.45) is 0 Å². The van der Waals surface area contributed by atoms with Crippen LogP contribution in [0.5, 0.6) is 0 Å². The second kappa shape index (κ2) is 9.53. The molecule has 0 aliphatic heterocycles. The van der Waals surface area contributed by atoms with Crippen LogP contribution in [0.15, 0.2) is 71.6 Å². The van der Waals surface area contributed by atoms with Gasteiger partial charge in [-0.3, -0.25) is 0 Å². The highest BCUT2D eigenvalue weighted by Gasteiger charge is 2.16. The zero-order chi connectivity index (χ0) is 24.4. The van der Waals surface area contributed by atoms with Crippen molar-refractivity contribution in [2.45, 2.75) is 31.5 Å². The van der Waals surface area contributed by atoms with Crippen LogP contribution in [0, 0.1) is 6.92 Å². The second-order valence-electron chi connectivity index (χ2n) is 8.07. The van der Waals surface area contributed by atoms with E-state index in [1.807, 2.05) is 61.8 Å². The summed E-state index contributed by atoms with van der Waals surface area (Å²) in [5.41, 5.74) is 6.51. The third-order valence-corrected chi connectivity index (χ3v) is 7.63. The molecule has 3 aromatic heterocycles. The summed E-state index contributed by atoms with van der Waals surface area (Å²) in [4.78, 5) is 19.9. The van der Waals surface area contributed by atoms with Crippen LogP contribution < -0.4 is 10.0 Å². The fraction of sp³-hybridized carbons (Fsp3) is 0.167.